The molecule has 1 aliphatic heterocycles. The van der Waals surface area contributed by atoms with Gasteiger partial charge in [-0.3, -0.25) is 0 Å². The van der Waals surface area contributed by atoms with Crippen molar-refractivity contribution in [3.8, 4) is 5.75 Å². The van der Waals surface area contributed by atoms with Gasteiger partial charge < -0.3 is 9.30 Å². The van der Waals surface area contributed by atoms with Crippen LogP contribution in [-0.2, 0) is 13.0 Å². The van der Waals surface area contributed by atoms with Crippen LogP contribution < -0.4 is 4.74 Å². The van der Waals surface area contributed by atoms with Crippen LogP contribution in [0.25, 0.3) is 10.9 Å². The van der Waals surface area contributed by atoms with Crippen molar-refractivity contribution in [2.24, 2.45) is 0 Å². The fraction of sp³-hybridized carbons (Fsp3) is 0.385. The van der Waals surface area contributed by atoms with Crippen LogP contribution in [0.2, 0.25) is 10.0 Å². The third-order valence-electron chi connectivity index (χ3n) is 3.24. The van der Waals surface area contributed by atoms with Gasteiger partial charge >= 0.3 is 0 Å². The van der Waals surface area contributed by atoms with E-state index in [-0.39, 0.29) is 0 Å². The van der Waals surface area contributed by atoms with Gasteiger partial charge in [0, 0.05) is 23.7 Å². The molecule has 2 aromatic rings. The number of ether oxygens (including phenoxy) is 1. The highest BCUT2D eigenvalue weighted by molar-refractivity contribution is 6.45. The van der Waals surface area contributed by atoms with E-state index >= 15 is 0 Å². The summed E-state index contributed by atoms with van der Waals surface area (Å²) >= 11 is 12.5. The maximum Gasteiger partial charge on any atom is 0.130 e. The second kappa shape index (κ2) is 4.11. The monoisotopic (exact) mass is 269 g/mol. The standard InChI is InChI=1S/C13H13Cl2NO/c1-2-17-11-7-10(14)12(15)13-9(11)6-8-4-3-5-16(8)13/h6-7H,2-5H2,1H3. The Hall–Kier alpha value is -0.860. The molecule has 0 saturated heterocycles. The highest BCUT2D eigenvalue weighted by Gasteiger charge is 2.20. The minimum atomic E-state index is 0.565. The number of fused-ring (bicyclic) bond motifs is 3. The van der Waals surface area contributed by atoms with E-state index in [9.17, 15) is 0 Å². The second-order valence-corrected chi connectivity index (χ2v) is 5.04. The predicted octanol–water partition coefficient (Wildman–Crippen LogP) is 4.29. The van der Waals surface area contributed by atoms with Crippen LogP contribution in [0, 0.1) is 0 Å². The SMILES string of the molecule is CCOc1cc(Cl)c(Cl)c2c1cc1n2CCC1. The maximum absolute atomic E-state index is 6.31. The van der Waals surface area contributed by atoms with Crippen LogP contribution in [-0.4, -0.2) is 11.2 Å². The number of rotatable bonds is 2. The molecule has 1 aromatic carbocycles. The molecular formula is C13H13Cl2NO. The van der Waals surface area contributed by atoms with E-state index in [2.05, 4.69) is 10.6 Å². The average molecular weight is 270 g/mol. The third kappa shape index (κ3) is 1.62. The van der Waals surface area contributed by atoms with E-state index in [0.29, 0.717) is 16.7 Å². The molecule has 0 saturated carbocycles. The Morgan fingerprint density at radius 3 is 2.94 bits per heavy atom. The lowest BCUT2D eigenvalue weighted by molar-refractivity contribution is 0.344. The maximum atomic E-state index is 6.31. The van der Waals surface area contributed by atoms with Gasteiger partial charge in [0.05, 0.1) is 22.2 Å². The smallest absolute Gasteiger partial charge is 0.130 e. The van der Waals surface area contributed by atoms with Gasteiger partial charge in [-0.25, -0.2) is 0 Å². The van der Waals surface area contributed by atoms with Gasteiger partial charge in [-0.15, -0.1) is 0 Å². The van der Waals surface area contributed by atoms with Gasteiger partial charge in [-0.1, -0.05) is 23.2 Å². The van der Waals surface area contributed by atoms with Crippen LogP contribution >= 0.6 is 23.2 Å². The van der Waals surface area contributed by atoms with E-state index in [4.69, 9.17) is 27.9 Å². The number of hydrogen-bond acceptors (Lipinski definition) is 1. The van der Waals surface area contributed by atoms with Crippen LogP contribution in [0.5, 0.6) is 5.75 Å². The molecule has 2 heterocycles. The fourth-order valence-corrected chi connectivity index (χ4v) is 3.00. The summed E-state index contributed by atoms with van der Waals surface area (Å²) in [6, 6.07) is 3.99. The highest BCUT2D eigenvalue weighted by Crippen LogP contribution is 2.41. The van der Waals surface area contributed by atoms with Crippen molar-refractivity contribution < 1.29 is 4.74 Å². The summed E-state index contributed by atoms with van der Waals surface area (Å²) in [7, 11) is 0. The Balaban J connectivity index is 2.34. The molecule has 0 radical (unpaired) electrons. The van der Waals surface area contributed by atoms with Crippen molar-refractivity contribution in [1.29, 1.82) is 0 Å². The molecule has 17 heavy (non-hydrogen) atoms. The highest BCUT2D eigenvalue weighted by atomic mass is 35.5. The van der Waals surface area contributed by atoms with Crippen LogP contribution in [0.3, 0.4) is 0 Å². The summed E-state index contributed by atoms with van der Waals surface area (Å²) in [5.41, 5.74) is 2.35. The van der Waals surface area contributed by atoms with E-state index in [1.807, 2.05) is 13.0 Å². The molecule has 1 aliphatic rings. The summed E-state index contributed by atoms with van der Waals surface area (Å²) in [5, 5.41) is 2.28. The molecule has 0 aliphatic carbocycles. The van der Waals surface area contributed by atoms with Crippen molar-refractivity contribution in [2.45, 2.75) is 26.3 Å². The molecule has 4 heteroatoms. The molecule has 1 aromatic heterocycles. The molecule has 2 nitrogen and oxygen atoms in total. The summed E-state index contributed by atoms with van der Waals surface area (Å²) < 4.78 is 7.89. The molecule has 0 fully saturated rings. The van der Waals surface area contributed by atoms with Gasteiger partial charge in [-0.2, -0.15) is 0 Å². The normalized spacial score (nSPS) is 14.3. The zero-order chi connectivity index (χ0) is 12.0. The topological polar surface area (TPSA) is 14.2 Å². The van der Waals surface area contributed by atoms with Gasteiger partial charge in [0.1, 0.15) is 5.75 Å². The molecule has 0 unspecified atom stereocenters. The molecule has 0 spiro atoms. The lowest BCUT2D eigenvalue weighted by atomic mass is 10.2. The van der Waals surface area contributed by atoms with Gasteiger partial charge in [0.15, 0.2) is 0 Å². The number of halogens is 2. The molecule has 0 atom stereocenters. The zero-order valence-electron chi connectivity index (χ0n) is 9.59. The minimum absolute atomic E-state index is 0.565. The van der Waals surface area contributed by atoms with E-state index in [0.717, 1.165) is 29.6 Å². The quantitative estimate of drug-likeness (QED) is 0.793. The van der Waals surface area contributed by atoms with Gasteiger partial charge in [-0.05, 0) is 25.8 Å². The number of hydrogen-bond donors (Lipinski definition) is 0. The Bertz CT molecular complexity index is 589. The van der Waals surface area contributed by atoms with Gasteiger partial charge in [0.2, 0.25) is 0 Å². The molecular weight excluding hydrogens is 257 g/mol. The Labute approximate surface area is 110 Å². The van der Waals surface area contributed by atoms with Crippen molar-refractivity contribution in [3.05, 3.63) is 27.9 Å². The van der Waals surface area contributed by atoms with Crippen molar-refractivity contribution in [1.82, 2.24) is 4.57 Å². The summed E-state index contributed by atoms with van der Waals surface area (Å²) in [4.78, 5) is 0. The molecule has 90 valence electrons. The molecule has 0 amide bonds. The molecule has 0 N–H and O–H groups in total. The number of aryl methyl sites for hydroxylation is 2. The van der Waals surface area contributed by atoms with Crippen LogP contribution in [0.4, 0.5) is 0 Å². The van der Waals surface area contributed by atoms with Crippen molar-refractivity contribution in [2.75, 3.05) is 6.61 Å². The largest absolute Gasteiger partial charge is 0.493 e. The molecule has 3 rings (SSSR count). The second-order valence-electron chi connectivity index (χ2n) is 4.26. The number of aromatic nitrogens is 1. The van der Waals surface area contributed by atoms with Crippen molar-refractivity contribution >= 4 is 34.1 Å². The first-order valence-electron chi connectivity index (χ1n) is 5.85. The average Bonchev–Trinajstić information content (AvgIpc) is 2.85. The number of nitrogens with zero attached hydrogens (tertiary/aromatic N) is 1. The van der Waals surface area contributed by atoms with Gasteiger partial charge in [0.25, 0.3) is 0 Å². The number of benzene rings is 1. The van der Waals surface area contributed by atoms with E-state index in [1.54, 1.807) is 0 Å². The minimum Gasteiger partial charge on any atom is -0.493 e. The Morgan fingerprint density at radius 2 is 2.18 bits per heavy atom. The zero-order valence-corrected chi connectivity index (χ0v) is 11.1. The molecule has 0 bridgehead atoms. The first kappa shape index (κ1) is 11.2. The van der Waals surface area contributed by atoms with E-state index < -0.39 is 0 Å². The summed E-state index contributed by atoms with van der Waals surface area (Å²) in [5.74, 6) is 0.832. The van der Waals surface area contributed by atoms with Crippen molar-refractivity contribution in [3.63, 3.8) is 0 Å². The Morgan fingerprint density at radius 1 is 1.35 bits per heavy atom. The third-order valence-corrected chi connectivity index (χ3v) is 4.02. The first-order chi connectivity index (χ1) is 8.22. The van der Waals surface area contributed by atoms with E-state index in [1.165, 1.54) is 12.1 Å². The predicted molar refractivity (Wildman–Crippen MR) is 71.4 cm³/mol. The van der Waals surface area contributed by atoms with Crippen LogP contribution in [0.1, 0.15) is 19.0 Å². The first-order valence-corrected chi connectivity index (χ1v) is 6.61. The lowest BCUT2D eigenvalue weighted by Gasteiger charge is -2.09. The van der Waals surface area contributed by atoms with Crippen LogP contribution in [0.15, 0.2) is 12.1 Å². The summed E-state index contributed by atoms with van der Waals surface area (Å²) in [6.07, 6.45) is 2.28. The lowest BCUT2D eigenvalue weighted by Crippen LogP contribution is -1.95. The Kier molecular flexibility index (Phi) is 2.72. The fourth-order valence-electron chi connectivity index (χ4n) is 2.55. The summed E-state index contributed by atoms with van der Waals surface area (Å²) in [6.45, 7) is 3.62.